The van der Waals surface area contributed by atoms with Crippen molar-refractivity contribution in [3.8, 4) is 5.75 Å². The van der Waals surface area contributed by atoms with Gasteiger partial charge in [-0.25, -0.2) is 0 Å². The molecule has 1 aromatic heterocycles. The van der Waals surface area contributed by atoms with Gasteiger partial charge in [0.15, 0.2) is 0 Å². The Hall–Kier alpha value is -3.13. The molecule has 144 valence electrons. The second kappa shape index (κ2) is 9.54. The fourth-order valence-corrected chi connectivity index (χ4v) is 2.48. The number of hydrogen-bond acceptors (Lipinski definition) is 5. The molecule has 0 fully saturated rings. The molecule has 0 spiro atoms. The van der Waals surface area contributed by atoms with Crippen molar-refractivity contribution in [3.05, 3.63) is 63.6 Å². The number of nitrogens with one attached hydrogen (secondary N) is 2. The molecule has 2 amide bonds. The molecule has 27 heavy (non-hydrogen) atoms. The van der Waals surface area contributed by atoms with Crippen LogP contribution in [0.25, 0.3) is 0 Å². The maximum atomic E-state index is 12.7. The number of aromatic amines is 1. The van der Waals surface area contributed by atoms with Crippen molar-refractivity contribution in [2.45, 2.75) is 13.5 Å². The van der Waals surface area contributed by atoms with E-state index in [1.165, 1.54) is 17.2 Å². The van der Waals surface area contributed by atoms with E-state index in [1.54, 1.807) is 32.2 Å². The SMILES string of the molecule is CCNC(=O)c1c[nH]c(=O)c(C(=O)N(C)Cc2cccc(OCCO)c2)c1. The highest BCUT2D eigenvalue weighted by Gasteiger charge is 2.18. The fourth-order valence-electron chi connectivity index (χ4n) is 2.48. The molecule has 8 nitrogen and oxygen atoms in total. The summed E-state index contributed by atoms with van der Waals surface area (Å²) in [7, 11) is 1.57. The summed E-state index contributed by atoms with van der Waals surface area (Å²) in [4.78, 5) is 40.5. The number of rotatable bonds is 8. The van der Waals surface area contributed by atoms with Crippen LogP contribution in [0.15, 0.2) is 41.3 Å². The highest BCUT2D eigenvalue weighted by Crippen LogP contribution is 2.15. The summed E-state index contributed by atoms with van der Waals surface area (Å²) >= 11 is 0. The van der Waals surface area contributed by atoms with Gasteiger partial charge in [0.25, 0.3) is 17.4 Å². The van der Waals surface area contributed by atoms with Crippen molar-refractivity contribution in [3.63, 3.8) is 0 Å². The molecule has 0 radical (unpaired) electrons. The minimum absolute atomic E-state index is 0.0899. The third kappa shape index (κ3) is 5.42. The van der Waals surface area contributed by atoms with Crippen LogP contribution in [0.4, 0.5) is 0 Å². The number of carbonyl (C=O) groups is 2. The van der Waals surface area contributed by atoms with E-state index in [0.717, 1.165) is 5.56 Å². The van der Waals surface area contributed by atoms with Gasteiger partial charge in [0.05, 0.1) is 12.2 Å². The minimum atomic E-state index is -0.556. The number of benzene rings is 1. The van der Waals surface area contributed by atoms with Gasteiger partial charge in [0.1, 0.15) is 17.9 Å². The summed E-state index contributed by atoms with van der Waals surface area (Å²) in [5.41, 5.74) is 0.360. The van der Waals surface area contributed by atoms with E-state index in [1.807, 2.05) is 6.07 Å². The summed E-state index contributed by atoms with van der Waals surface area (Å²) in [5, 5.41) is 11.4. The average molecular weight is 373 g/mol. The van der Waals surface area contributed by atoms with Gasteiger partial charge in [-0.05, 0) is 30.7 Å². The molecule has 3 N–H and O–H groups in total. The summed E-state index contributed by atoms with van der Waals surface area (Å²) in [6.07, 6.45) is 1.28. The average Bonchev–Trinajstić information content (AvgIpc) is 2.66. The van der Waals surface area contributed by atoms with E-state index < -0.39 is 11.5 Å². The lowest BCUT2D eigenvalue weighted by molar-refractivity contribution is 0.0783. The molecule has 0 saturated heterocycles. The molecular formula is C19H23N3O5. The first kappa shape index (κ1) is 20.2. The zero-order valence-electron chi connectivity index (χ0n) is 15.3. The molecule has 0 aliphatic rings. The van der Waals surface area contributed by atoms with Crippen molar-refractivity contribution < 1.29 is 19.4 Å². The number of carbonyl (C=O) groups excluding carboxylic acids is 2. The number of H-pyrrole nitrogens is 1. The molecule has 8 heteroatoms. The molecule has 0 atom stereocenters. The predicted octanol–water partition coefficient (Wildman–Crippen LogP) is 0.768. The Bertz CT molecular complexity index is 862. The third-order valence-corrected chi connectivity index (χ3v) is 3.76. The van der Waals surface area contributed by atoms with Crippen LogP contribution in [0.5, 0.6) is 5.75 Å². The van der Waals surface area contributed by atoms with Crippen LogP contribution in [0, 0.1) is 0 Å². The Balaban J connectivity index is 2.16. The van der Waals surface area contributed by atoms with Gasteiger partial charge in [-0.3, -0.25) is 14.4 Å². The van der Waals surface area contributed by atoms with Gasteiger partial charge < -0.3 is 25.0 Å². The van der Waals surface area contributed by atoms with Crippen LogP contribution in [0.1, 0.15) is 33.2 Å². The van der Waals surface area contributed by atoms with Crippen LogP contribution < -0.4 is 15.6 Å². The predicted molar refractivity (Wildman–Crippen MR) is 99.9 cm³/mol. The number of ether oxygens (including phenoxy) is 1. The summed E-state index contributed by atoms with van der Waals surface area (Å²) in [5.74, 6) is -0.276. The molecule has 1 aromatic carbocycles. The normalized spacial score (nSPS) is 10.3. The third-order valence-electron chi connectivity index (χ3n) is 3.76. The smallest absolute Gasteiger partial charge is 0.260 e. The van der Waals surface area contributed by atoms with Gasteiger partial charge in [-0.1, -0.05) is 12.1 Å². The standard InChI is InChI=1S/C19H23N3O5/c1-3-20-17(24)14-10-16(18(25)21-11-14)19(26)22(2)12-13-5-4-6-15(9-13)27-8-7-23/h4-6,9-11,23H,3,7-8,12H2,1-2H3,(H,20,24)(H,21,25). The summed E-state index contributed by atoms with van der Waals surface area (Å²) < 4.78 is 5.35. The number of amides is 2. The van der Waals surface area contributed by atoms with E-state index in [9.17, 15) is 14.4 Å². The number of aliphatic hydroxyl groups is 1. The lowest BCUT2D eigenvalue weighted by Gasteiger charge is -2.18. The maximum absolute atomic E-state index is 12.7. The summed E-state index contributed by atoms with van der Waals surface area (Å²) in [6, 6.07) is 8.41. The van der Waals surface area contributed by atoms with Crippen LogP contribution in [-0.4, -0.2) is 53.6 Å². The lowest BCUT2D eigenvalue weighted by atomic mass is 10.1. The topological polar surface area (TPSA) is 112 Å². The second-order valence-electron chi connectivity index (χ2n) is 5.87. The van der Waals surface area contributed by atoms with Gasteiger partial charge >= 0.3 is 0 Å². The fraction of sp³-hybridized carbons (Fsp3) is 0.316. The zero-order valence-corrected chi connectivity index (χ0v) is 15.3. The Morgan fingerprint density at radius 3 is 2.78 bits per heavy atom. The zero-order chi connectivity index (χ0) is 19.8. The van der Waals surface area contributed by atoms with Crippen molar-refractivity contribution in [2.24, 2.45) is 0 Å². The second-order valence-corrected chi connectivity index (χ2v) is 5.87. The van der Waals surface area contributed by atoms with E-state index in [2.05, 4.69) is 10.3 Å². The first-order valence-electron chi connectivity index (χ1n) is 8.55. The first-order chi connectivity index (χ1) is 13.0. The van der Waals surface area contributed by atoms with E-state index in [4.69, 9.17) is 9.84 Å². The van der Waals surface area contributed by atoms with Crippen LogP contribution in [0.2, 0.25) is 0 Å². The lowest BCUT2D eigenvalue weighted by Crippen LogP contribution is -2.32. The van der Waals surface area contributed by atoms with Crippen LogP contribution in [0.3, 0.4) is 0 Å². The van der Waals surface area contributed by atoms with Gasteiger partial charge in [0.2, 0.25) is 0 Å². The highest BCUT2D eigenvalue weighted by molar-refractivity contribution is 5.99. The van der Waals surface area contributed by atoms with Gasteiger partial charge in [-0.2, -0.15) is 0 Å². The summed E-state index contributed by atoms with van der Waals surface area (Å²) in [6.45, 7) is 2.56. The molecular weight excluding hydrogens is 350 g/mol. The van der Waals surface area contributed by atoms with Crippen molar-refractivity contribution >= 4 is 11.8 Å². The van der Waals surface area contributed by atoms with Crippen LogP contribution in [-0.2, 0) is 6.54 Å². The van der Waals surface area contributed by atoms with Crippen molar-refractivity contribution in [1.82, 2.24) is 15.2 Å². The Morgan fingerprint density at radius 2 is 2.07 bits per heavy atom. The Labute approximate surface area is 156 Å². The molecule has 0 aliphatic heterocycles. The van der Waals surface area contributed by atoms with E-state index >= 15 is 0 Å². The minimum Gasteiger partial charge on any atom is -0.491 e. The maximum Gasteiger partial charge on any atom is 0.260 e. The number of nitrogens with zero attached hydrogens (tertiary/aromatic N) is 1. The quantitative estimate of drug-likeness (QED) is 0.633. The molecule has 0 aliphatic carbocycles. The van der Waals surface area contributed by atoms with Crippen molar-refractivity contribution in [2.75, 3.05) is 26.8 Å². The van der Waals surface area contributed by atoms with Crippen molar-refractivity contribution in [1.29, 1.82) is 0 Å². The Kier molecular flexibility index (Phi) is 7.13. The van der Waals surface area contributed by atoms with E-state index in [0.29, 0.717) is 12.3 Å². The molecule has 2 rings (SSSR count). The largest absolute Gasteiger partial charge is 0.491 e. The number of aromatic nitrogens is 1. The van der Waals surface area contributed by atoms with Gasteiger partial charge in [0, 0.05) is 26.3 Å². The number of aliphatic hydroxyl groups excluding tert-OH is 1. The highest BCUT2D eigenvalue weighted by atomic mass is 16.5. The van der Waals surface area contributed by atoms with Crippen LogP contribution >= 0.6 is 0 Å². The number of hydrogen-bond donors (Lipinski definition) is 3. The molecule has 0 saturated carbocycles. The number of pyridine rings is 1. The van der Waals surface area contributed by atoms with E-state index in [-0.39, 0.29) is 36.8 Å². The molecule has 0 bridgehead atoms. The molecule has 0 unspecified atom stereocenters. The molecule has 1 heterocycles. The monoisotopic (exact) mass is 373 g/mol. The molecule has 2 aromatic rings. The Morgan fingerprint density at radius 1 is 1.30 bits per heavy atom. The van der Waals surface area contributed by atoms with Gasteiger partial charge in [-0.15, -0.1) is 0 Å². The first-order valence-corrected chi connectivity index (χ1v) is 8.55.